The highest BCUT2D eigenvalue weighted by atomic mass is 16.2. The van der Waals surface area contributed by atoms with Crippen molar-refractivity contribution in [3.05, 3.63) is 53.6 Å². The van der Waals surface area contributed by atoms with Crippen LogP contribution in [-0.4, -0.2) is 39.8 Å². The maximum Gasteiger partial charge on any atom is 0.272 e. The fraction of sp³-hybridized carbons (Fsp3) is 0.389. The number of aromatic amines is 1. The molecule has 3 rings (SSSR count). The molecule has 6 nitrogen and oxygen atoms in total. The Morgan fingerprint density at radius 3 is 2.50 bits per heavy atom. The molecule has 2 amide bonds. The molecule has 1 aromatic carbocycles. The van der Waals surface area contributed by atoms with E-state index in [1.807, 2.05) is 35.2 Å². The Balaban J connectivity index is 1.67. The molecule has 1 aliphatic heterocycles. The topological polar surface area (TPSA) is 78.1 Å². The third-order valence-electron chi connectivity index (χ3n) is 4.26. The number of hydrogen-bond acceptors (Lipinski definition) is 3. The van der Waals surface area contributed by atoms with Gasteiger partial charge >= 0.3 is 0 Å². The van der Waals surface area contributed by atoms with Gasteiger partial charge < -0.3 is 15.2 Å². The first-order valence-corrected chi connectivity index (χ1v) is 8.40. The molecule has 0 unspecified atom stereocenters. The van der Waals surface area contributed by atoms with Crippen molar-refractivity contribution in [2.75, 3.05) is 13.1 Å². The largest absolute Gasteiger partial charge is 0.347 e. The molecule has 2 N–H and O–H groups in total. The van der Waals surface area contributed by atoms with Crippen LogP contribution in [0.1, 0.15) is 52.2 Å². The minimum Gasteiger partial charge on any atom is -0.347 e. The van der Waals surface area contributed by atoms with Crippen molar-refractivity contribution in [3.63, 3.8) is 0 Å². The van der Waals surface area contributed by atoms with Crippen LogP contribution in [0.3, 0.4) is 0 Å². The van der Waals surface area contributed by atoms with Gasteiger partial charge in [-0.15, -0.1) is 0 Å². The molecule has 24 heavy (non-hydrogen) atoms. The van der Waals surface area contributed by atoms with E-state index in [1.54, 1.807) is 0 Å². The van der Waals surface area contributed by atoms with E-state index < -0.39 is 0 Å². The van der Waals surface area contributed by atoms with E-state index in [1.165, 1.54) is 6.33 Å². The third kappa shape index (κ3) is 3.82. The Labute approximate surface area is 141 Å². The van der Waals surface area contributed by atoms with E-state index in [-0.39, 0.29) is 23.2 Å². The summed E-state index contributed by atoms with van der Waals surface area (Å²) in [5, 5.41) is 2.82. The standard InChI is InChI=1S/C18H22N4O2/c23-17(19-12-14-8-4-3-5-9-14)15-16(21-13-20-15)18(24)22-10-6-1-2-7-11-22/h3-5,8-9,13H,1-2,6-7,10-12H2,(H,19,23)(H,20,21). The zero-order valence-corrected chi connectivity index (χ0v) is 13.6. The van der Waals surface area contributed by atoms with E-state index >= 15 is 0 Å². The summed E-state index contributed by atoms with van der Waals surface area (Å²) in [7, 11) is 0. The van der Waals surface area contributed by atoms with Gasteiger partial charge in [0.2, 0.25) is 0 Å². The fourth-order valence-corrected chi connectivity index (χ4v) is 2.92. The molecule has 2 heterocycles. The molecule has 0 saturated carbocycles. The Hall–Kier alpha value is -2.63. The second kappa shape index (κ2) is 7.77. The SMILES string of the molecule is O=C(NCc1ccccc1)c1nc[nH]c1C(=O)N1CCCCCC1. The lowest BCUT2D eigenvalue weighted by molar-refractivity contribution is 0.0749. The zero-order chi connectivity index (χ0) is 16.8. The van der Waals surface area contributed by atoms with Crippen molar-refractivity contribution >= 4 is 11.8 Å². The predicted octanol–water partition coefficient (Wildman–Crippen LogP) is 2.36. The number of carbonyl (C=O) groups is 2. The molecule has 126 valence electrons. The number of aromatic nitrogens is 2. The van der Waals surface area contributed by atoms with Gasteiger partial charge in [0.15, 0.2) is 5.69 Å². The first kappa shape index (κ1) is 16.2. The van der Waals surface area contributed by atoms with Crippen LogP contribution in [0.15, 0.2) is 36.7 Å². The van der Waals surface area contributed by atoms with Crippen LogP contribution in [0.5, 0.6) is 0 Å². The van der Waals surface area contributed by atoms with Crippen LogP contribution in [0.2, 0.25) is 0 Å². The normalized spacial score (nSPS) is 14.9. The van der Waals surface area contributed by atoms with Crippen molar-refractivity contribution < 1.29 is 9.59 Å². The maximum absolute atomic E-state index is 12.7. The van der Waals surface area contributed by atoms with Crippen LogP contribution >= 0.6 is 0 Å². The highest BCUT2D eigenvalue weighted by Crippen LogP contribution is 2.14. The average Bonchev–Trinajstić information content (AvgIpc) is 2.95. The number of carbonyl (C=O) groups excluding carboxylic acids is 2. The molecule has 1 saturated heterocycles. The highest BCUT2D eigenvalue weighted by molar-refractivity contribution is 6.04. The second-order valence-electron chi connectivity index (χ2n) is 6.00. The number of imidazole rings is 1. The van der Waals surface area contributed by atoms with E-state index in [0.29, 0.717) is 6.54 Å². The summed E-state index contributed by atoms with van der Waals surface area (Å²) in [5.41, 5.74) is 1.45. The molecule has 0 radical (unpaired) electrons. The Bertz CT molecular complexity index is 688. The monoisotopic (exact) mass is 326 g/mol. The van der Waals surface area contributed by atoms with Crippen molar-refractivity contribution in [1.29, 1.82) is 0 Å². The molecular weight excluding hydrogens is 304 g/mol. The first-order valence-electron chi connectivity index (χ1n) is 8.40. The van der Waals surface area contributed by atoms with Crippen LogP contribution in [0, 0.1) is 0 Å². The molecular formula is C18H22N4O2. The quantitative estimate of drug-likeness (QED) is 0.905. The molecule has 0 bridgehead atoms. The lowest BCUT2D eigenvalue weighted by Gasteiger charge is -2.19. The zero-order valence-electron chi connectivity index (χ0n) is 13.6. The Morgan fingerprint density at radius 2 is 1.79 bits per heavy atom. The van der Waals surface area contributed by atoms with Gasteiger partial charge in [0, 0.05) is 19.6 Å². The van der Waals surface area contributed by atoms with Crippen molar-refractivity contribution in [2.45, 2.75) is 32.2 Å². The number of rotatable bonds is 4. The lowest BCUT2D eigenvalue weighted by atomic mass is 10.2. The summed E-state index contributed by atoms with van der Waals surface area (Å²) in [6, 6.07) is 9.65. The minimum absolute atomic E-state index is 0.140. The smallest absolute Gasteiger partial charge is 0.272 e. The van der Waals surface area contributed by atoms with Gasteiger partial charge in [-0.25, -0.2) is 4.98 Å². The Morgan fingerprint density at radius 1 is 1.08 bits per heavy atom. The highest BCUT2D eigenvalue weighted by Gasteiger charge is 2.25. The van der Waals surface area contributed by atoms with Gasteiger partial charge in [0.25, 0.3) is 11.8 Å². The van der Waals surface area contributed by atoms with E-state index in [0.717, 1.165) is 44.3 Å². The number of nitrogens with one attached hydrogen (secondary N) is 2. The number of benzene rings is 1. The van der Waals surface area contributed by atoms with Gasteiger partial charge in [-0.3, -0.25) is 9.59 Å². The molecule has 1 aromatic heterocycles. The number of hydrogen-bond donors (Lipinski definition) is 2. The van der Waals surface area contributed by atoms with E-state index in [9.17, 15) is 9.59 Å². The number of nitrogens with zero attached hydrogens (tertiary/aromatic N) is 2. The summed E-state index contributed by atoms with van der Waals surface area (Å²) in [5.74, 6) is -0.475. The van der Waals surface area contributed by atoms with Crippen molar-refractivity contribution in [3.8, 4) is 0 Å². The molecule has 0 atom stereocenters. The first-order chi connectivity index (χ1) is 11.8. The molecule has 0 aliphatic carbocycles. The molecule has 6 heteroatoms. The van der Waals surface area contributed by atoms with Gasteiger partial charge in [0.05, 0.1) is 6.33 Å². The summed E-state index contributed by atoms with van der Waals surface area (Å²) < 4.78 is 0. The molecule has 1 fully saturated rings. The van der Waals surface area contributed by atoms with Gasteiger partial charge in [-0.1, -0.05) is 43.2 Å². The molecule has 2 aromatic rings. The predicted molar refractivity (Wildman–Crippen MR) is 90.6 cm³/mol. The van der Waals surface area contributed by atoms with E-state index in [4.69, 9.17) is 0 Å². The number of H-pyrrole nitrogens is 1. The van der Waals surface area contributed by atoms with Gasteiger partial charge in [-0.2, -0.15) is 0 Å². The fourth-order valence-electron chi connectivity index (χ4n) is 2.92. The molecule has 0 spiro atoms. The van der Waals surface area contributed by atoms with Crippen LogP contribution in [0.4, 0.5) is 0 Å². The maximum atomic E-state index is 12.7. The Kier molecular flexibility index (Phi) is 5.25. The number of likely N-dealkylation sites (tertiary alicyclic amines) is 1. The average molecular weight is 326 g/mol. The second-order valence-corrected chi connectivity index (χ2v) is 6.00. The van der Waals surface area contributed by atoms with E-state index in [2.05, 4.69) is 15.3 Å². The van der Waals surface area contributed by atoms with Crippen LogP contribution in [0.25, 0.3) is 0 Å². The van der Waals surface area contributed by atoms with Crippen LogP contribution in [-0.2, 0) is 6.54 Å². The molecule has 1 aliphatic rings. The van der Waals surface area contributed by atoms with Gasteiger partial charge in [0.1, 0.15) is 5.69 Å². The lowest BCUT2D eigenvalue weighted by Crippen LogP contribution is -2.34. The minimum atomic E-state index is -0.335. The summed E-state index contributed by atoms with van der Waals surface area (Å²) in [6.45, 7) is 1.88. The number of amides is 2. The summed E-state index contributed by atoms with van der Waals surface area (Å²) in [6.07, 6.45) is 5.72. The third-order valence-corrected chi connectivity index (χ3v) is 4.26. The summed E-state index contributed by atoms with van der Waals surface area (Å²) >= 11 is 0. The summed E-state index contributed by atoms with van der Waals surface area (Å²) in [4.78, 5) is 33.8. The van der Waals surface area contributed by atoms with Crippen molar-refractivity contribution in [1.82, 2.24) is 20.2 Å². The van der Waals surface area contributed by atoms with Gasteiger partial charge in [-0.05, 0) is 18.4 Å². The van der Waals surface area contributed by atoms with Crippen molar-refractivity contribution in [2.24, 2.45) is 0 Å². The van der Waals surface area contributed by atoms with Crippen LogP contribution < -0.4 is 5.32 Å².